The summed E-state index contributed by atoms with van der Waals surface area (Å²) in [7, 11) is 0. The summed E-state index contributed by atoms with van der Waals surface area (Å²) in [5.74, 6) is 0.777. The van der Waals surface area contributed by atoms with E-state index in [-0.39, 0.29) is 11.9 Å². The highest BCUT2D eigenvalue weighted by molar-refractivity contribution is 5.94. The van der Waals surface area contributed by atoms with Gasteiger partial charge < -0.3 is 15.4 Å². The molecule has 1 heterocycles. The molecule has 2 N–H and O–H groups in total. The molecule has 1 aromatic carbocycles. The zero-order valence-corrected chi connectivity index (χ0v) is 9.32. The fourth-order valence-electron chi connectivity index (χ4n) is 1.53. The van der Waals surface area contributed by atoms with Crippen molar-refractivity contribution in [2.75, 3.05) is 19.7 Å². The summed E-state index contributed by atoms with van der Waals surface area (Å²) in [6.45, 7) is 4.30. The van der Waals surface area contributed by atoms with Crippen molar-refractivity contribution >= 4 is 5.91 Å². The van der Waals surface area contributed by atoms with Crippen molar-refractivity contribution in [1.29, 1.82) is 0 Å². The van der Waals surface area contributed by atoms with Gasteiger partial charge in [-0.2, -0.15) is 0 Å². The minimum Gasteiger partial charge on any atom is -0.494 e. The van der Waals surface area contributed by atoms with Crippen LogP contribution in [0.1, 0.15) is 17.3 Å². The van der Waals surface area contributed by atoms with E-state index in [0.29, 0.717) is 12.2 Å². The van der Waals surface area contributed by atoms with Crippen molar-refractivity contribution in [2.24, 2.45) is 0 Å². The summed E-state index contributed by atoms with van der Waals surface area (Å²) in [6.07, 6.45) is 0. The van der Waals surface area contributed by atoms with E-state index in [1.807, 2.05) is 19.1 Å². The maximum atomic E-state index is 11.7. The number of hydrogen-bond donors (Lipinski definition) is 2. The minimum absolute atomic E-state index is 0.0189. The van der Waals surface area contributed by atoms with Gasteiger partial charge in [-0.15, -0.1) is 0 Å². The van der Waals surface area contributed by atoms with Crippen molar-refractivity contribution in [3.8, 4) is 5.75 Å². The first-order chi connectivity index (χ1) is 7.79. The topological polar surface area (TPSA) is 50.4 Å². The fourth-order valence-corrected chi connectivity index (χ4v) is 1.53. The number of hydrogen-bond acceptors (Lipinski definition) is 3. The van der Waals surface area contributed by atoms with E-state index >= 15 is 0 Å². The molecular formula is C12H16N2O2. The van der Waals surface area contributed by atoms with E-state index in [1.54, 1.807) is 12.1 Å². The van der Waals surface area contributed by atoms with E-state index < -0.39 is 0 Å². The highest BCUT2D eigenvalue weighted by Gasteiger charge is 2.19. The van der Waals surface area contributed by atoms with Gasteiger partial charge in [0.05, 0.1) is 12.6 Å². The molecule has 86 valence electrons. The molecule has 4 heteroatoms. The molecule has 1 aliphatic heterocycles. The largest absolute Gasteiger partial charge is 0.494 e. The number of nitrogens with one attached hydrogen (secondary N) is 2. The summed E-state index contributed by atoms with van der Waals surface area (Å²) in [4.78, 5) is 11.7. The molecule has 1 saturated heterocycles. The van der Waals surface area contributed by atoms with Gasteiger partial charge in [0.1, 0.15) is 5.75 Å². The highest BCUT2D eigenvalue weighted by atomic mass is 16.5. The molecule has 1 aromatic rings. The summed E-state index contributed by atoms with van der Waals surface area (Å²) in [6, 6.07) is 7.48. The van der Waals surface area contributed by atoms with Crippen molar-refractivity contribution in [1.82, 2.24) is 10.6 Å². The first kappa shape index (κ1) is 11.0. The molecule has 0 bridgehead atoms. The number of benzene rings is 1. The van der Waals surface area contributed by atoms with Gasteiger partial charge in [-0.25, -0.2) is 0 Å². The van der Waals surface area contributed by atoms with Crippen LogP contribution < -0.4 is 15.4 Å². The lowest BCUT2D eigenvalue weighted by atomic mass is 10.1. The van der Waals surface area contributed by atoms with Gasteiger partial charge in [-0.05, 0) is 31.2 Å². The van der Waals surface area contributed by atoms with E-state index in [2.05, 4.69) is 10.6 Å². The highest BCUT2D eigenvalue weighted by Crippen LogP contribution is 2.12. The summed E-state index contributed by atoms with van der Waals surface area (Å²) in [5, 5.41) is 6.05. The quantitative estimate of drug-likeness (QED) is 0.788. The van der Waals surface area contributed by atoms with Crippen LogP contribution in [0.4, 0.5) is 0 Å². The Labute approximate surface area is 95.0 Å². The molecule has 16 heavy (non-hydrogen) atoms. The van der Waals surface area contributed by atoms with Crippen LogP contribution in [-0.4, -0.2) is 31.6 Å². The van der Waals surface area contributed by atoms with Gasteiger partial charge in [-0.3, -0.25) is 4.79 Å². The molecule has 1 fully saturated rings. The normalized spacial score (nSPS) is 15.3. The summed E-state index contributed by atoms with van der Waals surface area (Å²) >= 11 is 0. The van der Waals surface area contributed by atoms with Crippen molar-refractivity contribution in [3.05, 3.63) is 29.8 Å². The predicted octanol–water partition coefficient (Wildman–Crippen LogP) is 0.787. The Hall–Kier alpha value is -1.55. The molecule has 1 aliphatic rings. The monoisotopic (exact) mass is 220 g/mol. The van der Waals surface area contributed by atoms with Crippen LogP contribution in [0.25, 0.3) is 0 Å². The number of carbonyl (C=O) groups excluding carboxylic acids is 1. The van der Waals surface area contributed by atoms with E-state index in [4.69, 9.17) is 4.74 Å². The Morgan fingerprint density at radius 2 is 2.12 bits per heavy atom. The van der Waals surface area contributed by atoms with Crippen LogP contribution in [0.5, 0.6) is 5.75 Å². The maximum absolute atomic E-state index is 11.7. The molecule has 0 saturated carbocycles. The SMILES string of the molecule is CCOc1ccc(C(=O)NC2CNC2)cc1. The van der Waals surface area contributed by atoms with Gasteiger partial charge in [0, 0.05) is 18.7 Å². The Morgan fingerprint density at radius 3 is 2.62 bits per heavy atom. The Kier molecular flexibility index (Phi) is 3.41. The summed E-state index contributed by atoms with van der Waals surface area (Å²) < 4.78 is 5.31. The molecule has 0 atom stereocenters. The molecule has 0 aromatic heterocycles. The molecule has 0 unspecified atom stereocenters. The van der Waals surface area contributed by atoms with Crippen LogP contribution in [0, 0.1) is 0 Å². The first-order valence-electron chi connectivity index (χ1n) is 5.54. The smallest absolute Gasteiger partial charge is 0.251 e. The lowest BCUT2D eigenvalue weighted by Crippen LogP contribution is -2.56. The fraction of sp³-hybridized carbons (Fsp3) is 0.417. The van der Waals surface area contributed by atoms with Crippen LogP contribution in [0.2, 0.25) is 0 Å². The molecule has 0 spiro atoms. The molecular weight excluding hydrogens is 204 g/mol. The average Bonchev–Trinajstić information content (AvgIpc) is 2.25. The van der Waals surface area contributed by atoms with Crippen LogP contribution >= 0.6 is 0 Å². The summed E-state index contributed by atoms with van der Waals surface area (Å²) in [5.41, 5.74) is 0.676. The van der Waals surface area contributed by atoms with Gasteiger partial charge in [0.2, 0.25) is 0 Å². The first-order valence-corrected chi connectivity index (χ1v) is 5.54. The van der Waals surface area contributed by atoms with Gasteiger partial charge in [-0.1, -0.05) is 0 Å². The number of ether oxygens (including phenoxy) is 1. The van der Waals surface area contributed by atoms with E-state index in [9.17, 15) is 4.79 Å². The third kappa shape index (κ3) is 2.52. The maximum Gasteiger partial charge on any atom is 0.251 e. The lowest BCUT2D eigenvalue weighted by Gasteiger charge is -2.27. The van der Waals surface area contributed by atoms with Gasteiger partial charge in [0.15, 0.2) is 0 Å². The van der Waals surface area contributed by atoms with Crippen LogP contribution in [-0.2, 0) is 0 Å². The Bertz CT molecular complexity index is 358. The average molecular weight is 220 g/mol. The second-order valence-electron chi connectivity index (χ2n) is 3.79. The van der Waals surface area contributed by atoms with E-state index in [1.165, 1.54) is 0 Å². The lowest BCUT2D eigenvalue weighted by molar-refractivity contribution is 0.0924. The third-order valence-electron chi connectivity index (χ3n) is 2.54. The standard InChI is InChI=1S/C12H16N2O2/c1-2-16-11-5-3-9(4-6-11)12(15)14-10-7-13-8-10/h3-6,10,13H,2,7-8H2,1H3,(H,14,15). The predicted molar refractivity (Wildman–Crippen MR) is 61.7 cm³/mol. The molecule has 4 nitrogen and oxygen atoms in total. The van der Waals surface area contributed by atoms with Gasteiger partial charge in [0.25, 0.3) is 5.91 Å². The zero-order valence-electron chi connectivity index (χ0n) is 9.32. The molecule has 1 amide bonds. The van der Waals surface area contributed by atoms with E-state index in [0.717, 1.165) is 18.8 Å². The second kappa shape index (κ2) is 4.99. The van der Waals surface area contributed by atoms with Crippen molar-refractivity contribution < 1.29 is 9.53 Å². The second-order valence-corrected chi connectivity index (χ2v) is 3.79. The van der Waals surface area contributed by atoms with Gasteiger partial charge >= 0.3 is 0 Å². The minimum atomic E-state index is -0.0189. The number of amides is 1. The van der Waals surface area contributed by atoms with Crippen LogP contribution in [0.3, 0.4) is 0 Å². The van der Waals surface area contributed by atoms with Crippen molar-refractivity contribution in [3.63, 3.8) is 0 Å². The third-order valence-corrected chi connectivity index (χ3v) is 2.54. The molecule has 2 rings (SSSR count). The number of carbonyl (C=O) groups is 1. The number of rotatable bonds is 4. The Balaban J connectivity index is 1.94. The van der Waals surface area contributed by atoms with Crippen LogP contribution in [0.15, 0.2) is 24.3 Å². The molecule has 0 aliphatic carbocycles. The molecule has 0 radical (unpaired) electrons. The van der Waals surface area contributed by atoms with Crippen molar-refractivity contribution in [2.45, 2.75) is 13.0 Å². The Morgan fingerprint density at radius 1 is 1.44 bits per heavy atom. The zero-order chi connectivity index (χ0) is 11.4.